The Balaban J connectivity index is 2.22. The average molecular weight is 287 g/mol. The Hall–Kier alpha value is -2.74. The Bertz CT molecular complexity index is 657. The van der Waals surface area contributed by atoms with Gasteiger partial charge in [0.15, 0.2) is 11.5 Å². The quantitative estimate of drug-likeness (QED) is 0.846. The fraction of sp³-hybridized carbons (Fsp3) is 0.188. The minimum Gasteiger partial charge on any atom is -0.493 e. The summed E-state index contributed by atoms with van der Waals surface area (Å²) in [6, 6.07) is 11.4. The van der Waals surface area contributed by atoms with Crippen LogP contribution in [0.3, 0.4) is 0 Å². The zero-order valence-corrected chi connectivity index (χ0v) is 11.7. The minimum atomic E-state index is -0.483. The number of nitrogens with zero attached hydrogens (tertiary/aromatic N) is 1. The molecule has 5 heteroatoms. The Morgan fingerprint density at radius 2 is 1.76 bits per heavy atom. The van der Waals surface area contributed by atoms with Gasteiger partial charge < -0.3 is 14.2 Å². The molecule has 0 bridgehead atoms. The number of para-hydroxylation sites is 1. The monoisotopic (exact) mass is 287 g/mol. The van der Waals surface area contributed by atoms with E-state index in [1.807, 2.05) is 6.07 Å². The zero-order chi connectivity index (χ0) is 15.2. The third kappa shape index (κ3) is 3.23. The number of halogens is 1. The van der Waals surface area contributed by atoms with Crippen LogP contribution >= 0.6 is 0 Å². The molecule has 0 unspecified atom stereocenters. The summed E-state index contributed by atoms with van der Waals surface area (Å²) in [5.41, 5.74) is 0.619. The minimum absolute atomic E-state index is 0.00821. The molecule has 0 N–H and O–H groups in total. The first kappa shape index (κ1) is 14.7. The molecule has 2 aromatic rings. The number of rotatable bonds is 5. The van der Waals surface area contributed by atoms with Crippen molar-refractivity contribution in [1.82, 2.24) is 0 Å². The van der Waals surface area contributed by atoms with Crippen molar-refractivity contribution in [3.05, 3.63) is 53.3 Å². The van der Waals surface area contributed by atoms with Crippen LogP contribution in [0.4, 0.5) is 4.39 Å². The van der Waals surface area contributed by atoms with Gasteiger partial charge in [0.05, 0.1) is 25.9 Å². The van der Waals surface area contributed by atoms with Gasteiger partial charge in [0.25, 0.3) is 0 Å². The summed E-state index contributed by atoms with van der Waals surface area (Å²) in [4.78, 5) is 0. The number of nitriles is 1. The second kappa shape index (κ2) is 6.62. The first-order valence-electron chi connectivity index (χ1n) is 6.22. The number of hydrogen-bond donors (Lipinski definition) is 0. The largest absolute Gasteiger partial charge is 0.493 e. The highest BCUT2D eigenvalue weighted by molar-refractivity contribution is 5.51. The topological polar surface area (TPSA) is 51.5 Å². The summed E-state index contributed by atoms with van der Waals surface area (Å²) < 4.78 is 29.8. The highest BCUT2D eigenvalue weighted by atomic mass is 19.1. The van der Waals surface area contributed by atoms with Gasteiger partial charge in [-0.1, -0.05) is 12.1 Å². The summed E-state index contributed by atoms with van der Waals surface area (Å²) in [7, 11) is 3.04. The van der Waals surface area contributed by atoms with E-state index >= 15 is 0 Å². The van der Waals surface area contributed by atoms with Crippen molar-refractivity contribution in [3.8, 4) is 23.3 Å². The van der Waals surface area contributed by atoms with E-state index in [1.54, 1.807) is 24.3 Å². The average Bonchev–Trinajstić information content (AvgIpc) is 2.53. The van der Waals surface area contributed by atoms with Crippen molar-refractivity contribution in [3.63, 3.8) is 0 Å². The van der Waals surface area contributed by atoms with Crippen LogP contribution in [0.1, 0.15) is 11.1 Å². The lowest BCUT2D eigenvalue weighted by molar-refractivity contribution is 0.262. The van der Waals surface area contributed by atoms with Crippen LogP contribution in [-0.4, -0.2) is 14.2 Å². The molecule has 2 aromatic carbocycles. The van der Waals surface area contributed by atoms with Crippen molar-refractivity contribution in [2.45, 2.75) is 6.61 Å². The number of ether oxygens (including phenoxy) is 3. The molecule has 0 saturated heterocycles. The molecule has 108 valence electrons. The Labute approximate surface area is 122 Å². The summed E-state index contributed by atoms with van der Waals surface area (Å²) in [6.07, 6.45) is 0. The maximum Gasteiger partial charge on any atom is 0.203 e. The van der Waals surface area contributed by atoms with E-state index in [2.05, 4.69) is 0 Å². The third-order valence-corrected chi connectivity index (χ3v) is 2.94. The lowest BCUT2D eigenvalue weighted by Crippen LogP contribution is -2.02. The Morgan fingerprint density at radius 3 is 2.29 bits per heavy atom. The molecule has 0 atom stereocenters. The van der Waals surface area contributed by atoms with E-state index in [4.69, 9.17) is 19.5 Å². The van der Waals surface area contributed by atoms with Crippen LogP contribution in [0, 0.1) is 17.1 Å². The van der Waals surface area contributed by atoms with Gasteiger partial charge in [0.2, 0.25) is 5.75 Å². The summed E-state index contributed by atoms with van der Waals surface area (Å²) >= 11 is 0. The first-order valence-corrected chi connectivity index (χ1v) is 6.22. The van der Waals surface area contributed by atoms with Crippen molar-refractivity contribution in [1.29, 1.82) is 5.26 Å². The van der Waals surface area contributed by atoms with Gasteiger partial charge in [-0.25, -0.2) is 4.39 Å². The third-order valence-electron chi connectivity index (χ3n) is 2.94. The number of methoxy groups -OCH3 is 2. The molecule has 0 saturated carbocycles. The molecule has 4 nitrogen and oxygen atoms in total. The highest BCUT2D eigenvalue weighted by Gasteiger charge is 2.12. The fourth-order valence-corrected chi connectivity index (χ4v) is 1.84. The van der Waals surface area contributed by atoms with Gasteiger partial charge in [-0.05, 0) is 24.3 Å². The van der Waals surface area contributed by atoms with Gasteiger partial charge in [-0.15, -0.1) is 0 Å². The molecular weight excluding hydrogens is 273 g/mol. The Kier molecular flexibility index (Phi) is 4.62. The van der Waals surface area contributed by atoms with E-state index in [0.717, 1.165) is 0 Å². The molecule has 0 amide bonds. The van der Waals surface area contributed by atoms with Crippen molar-refractivity contribution < 1.29 is 18.6 Å². The number of benzene rings is 2. The van der Waals surface area contributed by atoms with E-state index in [-0.39, 0.29) is 12.2 Å². The van der Waals surface area contributed by atoms with E-state index in [9.17, 15) is 4.39 Å². The van der Waals surface area contributed by atoms with Gasteiger partial charge in [0.1, 0.15) is 12.4 Å². The summed E-state index contributed by atoms with van der Waals surface area (Å²) in [5, 5.41) is 8.72. The molecule has 0 fully saturated rings. The Morgan fingerprint density at radius 1 is 1.10 bits per heavy atom. The summed E-state index contributed by atoms with van der Waals surface area (Å²) in [6.45, 7) is 0.00821. The van der Waals surface area contributed by atoms with E-state index in [1.165, 1.54) is 26.4 Å². The molecular formula is C16H14FNO3. The molecule has 0 aliphatic carbocycles. The van der Waals surface area contributed by atoms with Crippen LogP contribution in [0.15, 0.2) is 36.4 Å². The normalized spacial score (nSPS) is 9.81. The van der Waals surface area contributed by atoms with Crippen LogP contribution < -0.4 is 14.2 Å². The molecule has 0 radical (unpaired) electrons. The maximum atomic E-state index is 13.8. The predicted octanol–water partition coefficient (Wildman–Crippen LogP) is 3.29. The van der Waals surface area contributed by atoms with Gasteiger partial charge in [-0.2, -0.15) is 5.26 Å². The van der Waals surface area contributed by atoms with Crippen LogP contribution in [0.25, 0.3) is 0 Å². The fourth-order valence-electron chi connectivity index (χ4n) is 1.84. The van der Waals surface area contributed by atoms with E-state index < -0.39 is 5.82 Å². The van der Waals surface area contributed by atoms with E-state index in [0.29, 0.717) is 22.8 Å². The lowest BCUT2D eigenvalue weighted by atomic mass is 10.1. The molecule has 2 rings (SSSR count). The summed E-state index contributed by atoms with van der Waals surface area (Å²) in [5.74, 6) is 0.931. The van der Waals surface area contributed by atoms with Crippen LogP contribution in [-0.2, 0) is 6.61 Å². The maximum absolute atomic E-state index is 13.8. The standard InChI is InChI=1S/C16H14FNO3/c1-19-14-4-3-5-15(20-2)16(14)21-10-12-7-6-11(9-18)8-13(12)17/h3-8H,10H2,1-2H3. The second-order valence-electron chi connectivity index (χ2n) is 4.20. The molecule has 0 aromatic heterocycles. The predicted molar refractivity (Wildman–Crippen MR) is 75.0 cm³/mol. The van der Waals surface area contributed by atoms with Crippen LogP contribution in [0.2, 0.25) is 0 Å². The van der Waals surface area contributed by atoms with Crippen molar-refractivity contribution in [2.75, 3.05) is 14.2 Å². The molecule has 0 aliphatic rings. The second-order valence-corrected chi connectivity index (χ2v) is 4.20. The van der Waals surface area contributed by atoms with Crippen molar-refractivity contribution >= 4 is 0 Å². The lowest BCUT2D eigenvalue weighted by Gasteiger charge is -2.14. The molecule has 21 heavy (non-hydrogen) atoms. The van der Waals surface area contributed by atoms with Gasteiger partial charge in [-0.3, -0.25) is 0 Å². The molecule has 0 spiro atoms. The smallest absolute Gasteiger partial charge is 0.203 e. The molecule has 0 heterocycles. The highest BCUT2D eigenvalue weighted by Crippen LogP contribution is 2.37. The first-order chi connectivity index (χ1) is 10.2. The van der Waals surface area contributed by atoms with Crippen molar-refractivity contribution in [2.24, 2.45) is 0 Å². The van der Waals surface area contributed by atoms with Crippen LogP contribution in [0.5, 0.6) is 17.2 Å². The van der Waals surface area contributed by atoms with Gasteiger partial charge in [0, 0.05) is 5.56 Å². The zero-order valence-electron chi connectivity index (χ0n) is 11.7. The number of hydrogen-bond acceptors (Lipinski definition) is 4. The van der Waals surface area contributed by atoms with Gasteiger partial charge >= 0.3 is 0 Å². The SMILES string of the molecule is COc1cccc(OC)c1OCc1ccc(C#N)cc1F. The molecule has 0 aliphatic heterocycles.